The first-order valence-electron chi connectivity index (χ1n) is 6.57. The van der Waals surface area contributed by atoms with E-state index >= 15 is 0 Å². The Labute approximate surface area is 95.8 Å². The first-order valence-corrected chi connectivity index (χ1v) is 6.57. The van der Waals surface area contributed by atoms with Gasteiger partial charge >= 0.3 is 0 Å². The average Bonchev–Trinajstić information content (AvgIpc) is 2.26. The maximum atomic E-state index is 5.69. The van der Waals surface area contributed by atoms with Gasteiger partial charge in [0, 0.05) is 12.6 Å². The van der Waals surface area contributed by atoms with Gasteiger partial charge < -0.3 is 10.1 Å². The largest absolute Gasteiger partial charge is 0.378 e. The molecule has 2 nitrogen and oxygen atoms in total. The molecule has 0 saturated heterocycles. The highest BCUT2D eigenvalue weighted by atomic mass is 16.5. The molecule has 92 valence electrons. The molecule has 0 aliphatic rings. The minimum absolute atomic E-state index is 0.439. The molecular weight excluding hydrogens is 186 g/mol. The van der Waals surface area contributed by atoms with Crippen molar-refractivity contribution in [2.24, 2.45) is 0 Å². The minimum atomic E-state index is 0.439. The zero-order valence-corrected chi connectivity index (χ0v) is 11.0. The predicted molar refractivity (Wildman–Crippen MR) is 67.3 cm³/mol. The van der Waals surface area contributed by atoms with Gasteiger partial charge in [-0.25, -0.2) is 0 Å². The summed E-state index contributed by atoms with van der Waals surface area (Å²) < 4.78 is 5.69. The van der Waals surface area contributed by atoms with Crippen LogP contribution in [0, 0.1) is 0 Å². The van der Waals surface area contributed by atoms with Gasteiger partial charge in [0.2, 0.25) is 0 Å². The van der Waals surface area contributed by atoms with E-state index in [1.807, 2.05) is 0 Å². The van der Waals surface area contributed by atoms with Gasteiger partial charge in [-0.15, -0.1) is 0 Å². The summed E-state index contributed by atoms with van der Waals surface area (Å²) in [5, 5.41) is 3.40. The van der Waals surface area contributed by atoms with Crippen molar-refractivity contribution in [1.82, 2.24) is 5.32 Å². The molecule has 0 heterocycles. The summed E-state index contributed by atoms with van der Waals surface area (Å²) in [6.45, 7) is 7.38. The molecule has 0 aliphatic carbocycles. The summed E-state index contributed by atoms with van der Waals surface area (Å²) in [5.41, 5.74) is 0. The minimum Gasteiger partial charge on any atom is -0.378 e. The highest BCUT2D eigenvalue weighted by molar-refractivity contribution is 4.70. The quantitative estimate of drug-likeness (QED) is 0.564. The second-order valence-corrected chi connectivity index (χ2v) is 4.20. The molecule has 0 fully saturated rings. The number of hydrogen-bond acceptors (Lipinski definition) is 2. The first kappa shape index (κ1) is 14.9. The first-order chi connectivity index (χ1) is 7.28. The molecule has 2 heteroatoms. The van der Waals surface area contributed by atoms with Crippen molar-refractivity contribution in [1.29, 1.82) is 0 Å². The summed E-state index contributed by atoms with van der Waals surface area (Å²) in [6, 6.07) is 0.632. The SMILES string of the molecule is CCCCCC(CC(CC)OCC)NC. The van der Waals surface area contributed by atoms with Crippen LogP contribution < -0.4 is 5.32 Å². The second kappa shape index (κ2) is 10.4. The second-order valence-electron chi connectivity index (χ2n) is 4.20. The van der Waals surface area contributed by atoms with E-state index in [4.69, 9.17) is 4.74 Å². The molecule has 0 aromatic carbocycles. The van der Waals surface area contributed by atoms with E-state index in [0.29, 0.717) is 12.1 Å². The van der Waals surface area contributed by atoms with Crippen LogP contribution in [-0.2, 0) is 4.74 Å². The lowest BCUT2D eigenvalue weighted by atomic mass is 10.0. The molecule has 0 radical (unpaired) electrons. The fourth-order valence-electron chi connectivity index (χ4n) is 1.93. The Balaban J connectivity index is 3.73. The number of unbranched alkanes of at least 4 members (excludes halogenated alkanes) is 2. The summed E-state index contributed by atoms with van der Waals surface area (Å²) >= 11 is 0. The summed E-state index contributed by atoms with van der Waals surface area (Å²) in [4.78, 5) is 0. The molecule has 15 heavy (non-hydrogen) atoms. The molecule has 0 aromatic heterocycles. The lowest BCUT2D eigenvalue weighted by molar-refractivity contribution is 0.0463. The van der Waals surface area contributed by atoms with E-state index in [9.17, 15) is 0 Å². The van der Waals surface area contributed by atoms with Crippen molar-refractivity contribution in [3.05, 3.63) is 0 Å². The van der Waals surface area contributed by atoms with Gasteiger partial charge in [-0.1, -0.05) is 33.1 Å². The predicted octanol–water partition coefficient (Wildman–Crippen LogP) is 3.36. The lowest BCUT2D eigenvalue weighted by Gasteiger charge is -2.22. The van der Waals surface area contributed by atoms with Gasteiger partial charge in [-0.3, -0.25) is 0 Å². The van der Waals surface area contributed by atoms with E-state index in [1.54, 1.807) is 0 Å². The monoisotopic (exact) mass is 215 g/mol. The van der Waals surface area contributed by atoms with Crippen molar-refractivity contribution in [3.63, 3.8) is 0 Å². The lowest BCUT2D eigenvalue weighted by Crippen LogP contribution is -2.30. The molecule has 0 rings (SSSR count). The Bertz CT molecular complexity index is 128. The highest BCUT2D eigenvalue weighted by Crippen LogP contribution is 2.12. The van der Waals surface area contributed by atoms with Gasteiger partial charge in [0.15, 0.2) is 0 Å². The van der Waals surface area contributed by atoms with Gasteiger partial charge in [-0.05, 0) is 33.2 Å². The van der Waals surface area contributed by atoms with Crippen molar-refractivity contribution in [3.8, 4) is 0 Å². The summed E-state index contributed by atoms with van der Waals surface area (Å²) in [7, 11) is 2.06. The Kier molecular flexibility index (Phi) is 10.4. The van der Waals surface area contributed by atoms with Crippen LogP contribution in [-0.4, -0.2) is 25.8 Å². The fourth-order valence-corrected chi connectivity index (χ4v) is 1.93. The van der Waals surface area contributed by atoms with Crippen LogP contribution in [0.25, 0.3) is 0 Å². The van der Waals surface area contributed by atoms with Crippen LogP contribution in [0.3, 0.4) is 0 Å². The number of ether oxygens (including phenoxy) is 1. The Hall–Kier alpha value is -0.0800. The molecule has 0 aromatic rings. The molecule has 0 amide bonds. The molecule has 1 N–H and O–H groups in total. The zero-order valence-electron chi connectivity index (χ0n) is 11.0. The third kappa shape index (κ3) is 7.80. The Morgan fingerprint density at radius 1 is 1.13 bits per heavy atom. The molecular formula is C13H29NO. The highest BCUT2D eigenvalue weighted by Gasteiger charge is 2.13. The molecule has 0 spiro atoms. The topological polar surface area (TPSA) is 21.3 Å². The van der Waals surface area contributed by atoms with Crippen LogP contribution in [0.5, 0.6) is 0 Å². The smallest absolute Gasteiger partial charge is 0.0587 e. The van der Waals surface area contributed by atoms with Crippen LogP contribution in [0.15, 0.2) is 0 Å². The fraction of sp³-hybridized carbons (Fsp3) is 1.00. The number of nitrogens with one attached hydrogen (secondary N) is 1. The van der Waals surface area contributed by atoms with Crippen molar-refractivity contribution in [2.45, 2.75) is 71.4 Å². The normalized spacial score (nSPS) is 15.2. The Morgan fingerprint density at radius 3 is 2.33 bits per heavy atom. The number of rotatable bonds is 10. The molecule has 0 bridgehead atoms. The maximum Gasteiger partial charge on any atom is 0.0587 e. The number of hydrogen-bond donors (Lipinski definition) is 1. The summed E-state index contributed by atoms with van der Waals surface area (Å²) in [6.07, 6.45) is 8.00. The molecule has 0 saturated carbocycles. The molecule has 0 aliphatic heterocycles. The van der Waals surface area contributed by atoms with Crippen LogP contribution >= 0.6 is 0 Å². The molecule has 2 atom stereocenters. The van der Waals surface area contributed by atoms with Crippen molar-refractivity contribution < 1.29 is 4.74 Å². The van der Waals surface area contributed by atoms with Gasteiger partial charge in [0.05, 0.1) is 6.10 Å². The molecule has 2 unspecified atom stereocenters. The van der Waals surface area contributed by atoms with E-state index in [0.717, 1.165) is 19.4 Å². The van der Waals surface area contributed by atoms with Gasteiger partial charge in [0.1, 0.15) is 0 Å². The zero-order chi connectivity index (χ0) is 11.5. The van der Waals surface area contributed by atoms with E-state index in [-0.39, 0.29) is 0 Å². The maximum absolute atomic E-state index is 5.69. The van der Waals surface area contributed by atoms with Gasteiger partial charge in [0.25, 0.3) is 0 Å². The van der Waals surface area contributed by atoms with Gasteiger partial charge in [-0.2, -0.15) is 0 Å². The van der Waals surface area contributed by atoms with E-state index < -0.39 is 0 Å². The summed E-state index contributed by atoms with van der Waals surface area (Å²) in [5.74, 6) is 0. The van der Waals surface area contributed by atoms with E-state index in [2.05, 4.69) is 33.1 Å². The van der Waals surface area contributed by atoms with Crippen LogP contribution in [0.2, 0.25) is 0 Å². The third-order valence-corrected chi connectivity index (χ3v) is 2.97. The third-order valence-electron chi connectivity index (χ3n) is 2.97. The average molecular weight is 215 g/mol. The van der Waals surface area contributed by atoms with Crippen LogP contribution in [0.4, 0.5) is 0 Å². The standard InChI is InChI=1S/C13H29NO/c1-5-8-9-10-12(14-4)11-13(6-2)15-7-3/h12-14H,5-11H2,1-4H3. The van der Waals surface area contributed by atoms with Crippen molar-refractivity contribution in [2.75, 3.05) is 13.7 Å². The van der Waals surface area contributed by atoms with Crippen LogP contribution in [0.1, 0.15) is 59.3 Å². The van der Waals surface area contributed by atoms with Crippen molar-refractivity contribution >= 4 is 0 Å². The Morgan fingerprint density at radius 2 is 1.87 bits per heavy atom. The van der Waals surface area contributed by atoms with E-state index in [1.165, 1.54) is 25.7 Å².